The van der Waals surface area contributed by atoms with Crippen LogP contribution in [0.2, 0.25) is 10.0 Å². The minimum atomic E-state index is 0.00456. The van der Waals surface area contributed by atoms with Crippen LogP contribution in [-0.4, -0.2) is 10.8 Å². The molecular formula is C17H11Cl2NO. The zero-order valence-corrected chi connectivity index (χ0v) is 12.5. The van der Waals surface area contributed by atoms with Gasteiger partial charge in [0.15, 0.2) is 5.78 Å². The van der Waals surface area contributed by atoms with Crippen molar-refractivity contribution in [1.82, 2.24) is 4.98 Å². The van der Waals surface area contributed by atoms with E-state index in [1.54, 1.807) is 24.4 Å². The van der Waals surface area contributed by atoms with Gasteiger partial charge in [0.2, 0.25) is 0 Å². The van der Waals surface area contributed by atoms with Crippen molar-refractivity contribution < 1.29 is 4.79 Å². The van der Waals surface area contributed by atoms with Gasteiger partial charge in [0, 0.05) is 23.6 Å². The van der Waals surface area contributed by atoms with Gasteiger partial charge >= 0.3 is 0 Å². The number of rotatable bonds is 3. The number of hydrogen-bond acceptors (Lipinski definition) is 2. The summed E-state index contributed by atoms with van der Waals surface area (Å²) in [5.74, 6) is 0.00456. The summed E-state index contributed by atoms with van der Waals surface area (Å²) in [6.07, 6.45) is 1.96. The van der Waals surface area contributed by atoms with E-state index in [0.717, 1.165) is 16.5 Å². The van der Waals surface area contributed by atoms with Crippen molar-refractivity contribution in [2.45, 2.75) is 6.42 Å². The van der Waals surface area contributed by atoms with Crippen LogP contribution in [0.4, 0.5) is 0 Å². The van der Waals surface area contributed by atoms with E-state index in [2.05, 4.69) is 4.98 Å². The third-order valence-corrected chi connectivity index (χ3v) is 4.17. The lowest BCUT2D eigenvalue weighted by molar-refractivity contribution is 0.0993. The second-order valence-electron chi connectivity index (χ2n) is 4.72. The van der Waals surface area contributed by atoms with E-state index in [-0.39, 0.29) is 12.2 Å². The molecule has 0 bridgehead atoms. The minimum Gasteiger partial charge on any atom is -0.294 e. The van der Waals surface area contributed by atoms with Crippen molar-refractivity contribution in [3.05, 3.63) is 75.9 Å². The first-order valence-corrected chi connectivity index (χ1v) is 7.21. The standard InChI is InChI=1S/C17H11Cl2NO/c18-14-5-1-3-13(17(14)19)10-16(21)12-6-7-15-11(9-12)4-2-8-20-15/h1-9H,10H2. The molecular weight excluding hydrogens is 305 g/mol. The summed E-state index contributed by atoms with van der Waals surface area (Å²) in [6.45, 7) is 0. The Morgan fingerprint density at radius 1 is 1.05 bits per heavy atom. The van der Waals surface area contributed by atoms with Gasteiger partial charge in [0.25, 0.3) is 0 Å². The molecule has 0 atom stereocenters. The highest BCUT2D eigenvalue weighted by atomic mass is 35.5. The Balaban J connectivity index is 1.91. The lowest BCUT2D eigenvalue weighted by Gasteiger charge is -2.06. The third kappa shape index (κ3) is 2.92. The Kier molecular flexibility index (Phi) is 3.91. The average molecular weight is 316 g/mol. The summed E-state index contributed by atoms with van der Waals surface area (Å²) < 4.78 is 0. The van der Waals surface area contributed by atoms with Crippen LogP contribution in [0.1, 0.15) is 15.9 Å². The SMILES string of the molecule is O=C(Cc1cccc(Cl)c1Cl)c1ccc2ncccc2c1. The Hall–Kier alpha value is -1.90. The first kappa shape index (κ1) is 14.1. The molecule has 4 heteroatoms. The van der Waals surface area contributed by atoms with E-state index >= 15 is 0 Å². The number of fused-ring (bicyclic) bond motifs is 1. The van der Waals surface area contributed by atoms with Gasteiger partial charge < -0.3 is 0 Å². The van der Waals surface area contributed by atoms with Crippen LogP contribution < -0.4 is 0 Å². The molecule has 0 spiro atoms. The zero-order chi connectivity index (χ0) is 14.8. The Labute approximate surface area is 132 Å². The lowest BCUT2D eigenvalue weighted by Crippen LogP contribution is -2.04. The summed E-state index contributed by atoms with van der Waals surface area (Å²) in [5.41, 5.74) is 2.25. The van der Waals surface area contributed by atoms with Gasteiger partial charge in [-0.1, -0.05) is 41.4 Å². The second-order valence-corrected chi connectivity index (χ2v) is 5.51. The molecule has 3 aromatic rings. The number of aromatic nitrogens is 1. The van der Waals surface area contributed by atoms with Gasteiger partial charge in [-0.05, 0) is 35.9 Å². The summed E-state index contributed by atoms with van der Waals surface area (Å²) in [5, 5.41) is 1.85. The van der Waals surface area contributed by atoms with E-state index < -0.39 is 0 Å². The number of hydrogen-bond donors (Lipinski definition) is 0. The molecule has 0 saturated carbocycles. The van der Waals surface area contributed by atoms with Crippen molar-refractivity contribution in [3.8, 4) is 0 Å². The van der Waals surface area contributed by atoms with E-state index in [4.69, 9.17) is 23.2 Å². The van der Waals surface area contributed by atoms with Gasteiger partial charge in [-0.3, -0.25) is 9.78 Å². The molecule has 0 fully saturated rings. The smallest absolute Gasteiger partial charge is 0.167 e. The fourth-order valence-electron chi connectivity index (χ4n) is 2.21. The van der Waals surface area contributed by atoms with Crippen LogP contribution in [0.3, 0.4) is 0 Å². The quantitative estimate of drug-likeness (QED) is 0.639. The van der Waals surface area contributed by atoms with Crippen LogP contribution in [0, 0.1) is 0 Å². The molecule has 21 heavy (non-hydrogen) atoms. The number of carbonyl (C=O) groups excluding carboxylic acids is 1. The monoisotopic (exact) mass is 315 g/mol. The zero-order valence-electron chi connectivity index (χ0n) is 11.0. The Morgan fingerprint density at radius 2 is 1.90 bits per heavy atom. The molecule has 3 rings (SSSR count). The molecule has 2 aromatic carbocycles. The van der Waals surface area contributed by atoms with Crippen molar-refractivity contribution in [2.75, 3.05) is 0 Å². The van der Waals surface area contributed by atoms with Crippen LogP contribution >= 0.6 is 23.2 Å². The molecule has 0 aliphatic heterocycles. The van der Waals surface area contributed by atoms with E-state index in [9.17, 15) is 4.79 Å². The average Bonchev–Trinajstić information content (AvgIpc) is 2.51. The molecule has 2 nitrogen and oxygen atoms in total. The number of benzene rings is 2. The largest absolute Gasteiger partial charge is 0.294 e. The minimum absolute atomic E-state index is 0.00456. The molecule has 0 aliphatic carbocycles. The number of halogens is 2. The second kappa shape index (κ2) is 5.84. The molecule has 1 aromatic heterocycles. The van der Waals surface area contributed by atoms with Crippen molar-refractivity contribution >= 4 is 39.9 Å². The Bertz CT molecular complexity index is 830. The lowest BCUT2D eigenvalue weighted by atomic mass is 10.0. The fraction of sp³-hybridized carbons (Fsp3) is 0.0588. The predicted octanol–water partition coefficient (Wildman–Crippen LogP) is 4.97. The van der Waals surface area contributed by atoms with E-state index in [1.165, 1.54) is 0 Å². The molecule has 0 radical (unpaired) electrons. The van der Waals surface area contributed by atoms with Crippen LogP contribution in [0.5, 0.6) is 0 Å². The van der Waals surface area contributed by atoms with Crippen LogP contribution in [0.25, 0.3) is 10.9 Å². The highest BCUT2D eigenvalue weighted by Gasteiger charge is 2.12. The highest BCUT2D eigenvalue weighted by molar-refractivity contribution is 6.42. The van der Waals surface area contributed by atoms with Crippen LogP contribution in [-0.2, 0) is 6.42 Å². The molecule has 0 aliphatic rings. The number of pyridine rings is 1. The molecule has 1 heterocycles. The van der Waals surface area contributed by atoms with E-state index in [1.807, 2.05) is 30.3 Å². The first-order chi connectivity index (χ1) is 10.1. The predicted molar refractivity (Wildman–Crippen MR) is 86.2 cm³/mol. The topological polar surface area (TPSA) is 30.0 Å². The maximum atomic E-state index is 12.4. The number of Topliss-reactive ketones (excluding diaryl/α,β-unsaturated/α-hetero) is 1. The van der Waals surface area contributed by atoms with Gasteiger partial charge in [-0.15, -0.1) is 0 Å². The summed E-state index contributed by atoms with van der Waals surface area (Å²) >= 11 is 12.1. The maximum Gasteiger partial charge on any atom is 0.167 e. The Morgan fingerprint density at radius 3 is 2.76 bits per heavy atom. The highest BCUT2D eigenvalue weighted by Crippen LogP contribution is 2.26. The summed E-state index contributed by atoms with van der Waals surface area (Å²) in [4.78, 5) is 16.6. The molecule has 0 saturated heterocycles. The van der Waals surface area contributed by atoms with Crippen LogP contribution in [0.15, 0.2) is 54.7 Å². The molecule has 0 amide bonds. The van der Waals surface area contributed by atoms with E-state index in [0.29, 0.717) is 15.6 Å². The van der Waals surface area contributed by atoms with Crippen molar-refractivity contribution in [2.24, 2.45) is 0 Å². The van der Waals surface area contributed by atoms with Gasteiger partial charge in [0.1, 0.15) is 0 Å². The van der Waals surface area contributed by atoms with Gasteiger partial charge in [0.05, 0.1) is 15.6 Å². The first-order valence-electron chi connectivity index (χ1n) is 6.46. The summed E-state index contributed by atoms with van der Waals surface area (Å²) in [7, 11) is 0. The molecule has 0 unspecified atom stereocenters. The number of nitrogens with zero attached hydrogens (tertiary/aromatic N) is 1. The van der Waals surface area contributed by atoms with Gasteiger partial charge in [-0.2, -0.15) is 0 Å². The summed E-state index contributed by atoms with van der Waals surface area (Å²) in [6, 6.07) is 14.6. The number of ketones is 1. The molecule has 104 valence electrons. The van der Waals surface area contributed by atoms with Crippen molar-refractivity contribution in [1.29, 1.82) is 0 Å². The van der Waals surface area contributed by atoms with Crippen molar-refractivity contribution in [3.63, 3.8) is 0 Å². The maximum absolute atomic E-state index is 12.4. The fourth-order valence-corrected chi connectivity index (χ4v) is 2.60. The number of carbonyl (C=O) groups is 1. The normalized spacial score (nSPS) is 10.8. The third-order valence-electron chi connectivity index (χ3n) is 3.31. The molecule has 0 N–H and O–H groups in total. The van der Waals surface area contributed by atoms with Gasteiger partial charge in [-0.25, -0.2) is 0 Å².